The highest BCUT2D eigenvalue weighted by Gasteiger charge is 2.58. The van der Waals surface area contributed by atoms with Crippen LogP contribution in [-0.4, -0.2) is 67.9 Å². The number of epoxide rings is 1. The van der Waals surface area contributed by atoms with Gasteiger partial charge in [-0.25, -0.2) is 0 Å². The SMILES string of the molecule is Nc1c(O)cc(O)c(C2OC(CO)C3OC3C2O)c1O/C(=C\C=O)c1ccc(O)c(O)c1. The summed E-state index contributed by atoms with van der Waals surface area (Å²) in [5, 5.41) is 60.2. The molecule has 2 aliphatic heterocycles. The lowest BCUT2D eigenvalue weighted by Gasteiger charge is -2.32. The van der Waals surface area contributed by atoms with Crippen LogP contribution in [-0.2, 0) is 14.3 Å². The summed E-state index contributed by atoms with van der Waals surface area (Å²) in [4.78, 5) is 11.2. The van der Waals surface area contributed by atoms with E-state index in [1.54, 1.807) is 0 Å². The van der Waals surface area contributed by atoms with Crippen molar-refractivity contribution in [2.75, 3.05) is 12.3 Å². The van der Waals surface area contributed by atoms with E-state index in [4.69, 9.17) is 19.9 Å². The average Bonchev–Trinajstić information content (AvgIpc) is 3.56. The molecule has 0 amide bonds. The molecule has 0 aliphatic carbocycles. The highest BCUT2D eigenvalue weighted by Crippen LogP contribution is 2.51. The molecule has 0 spiro atoms. The Bertz CT molecular complexity index is 1080. The zero-order valence-corrected chi connectivity index (χ0v) is 16.5. The Hall–Kier alpha value is -3.51. The van der Waals surface area contributed by atoms with E-state index >= 15 is 0 Å². The summed E-state index contributed by atoms with van der Waals surface area (Å²) >= 11 is 0. The van der Waals surface area contributed by atoms with Crippen molar-refractivity contribution in [3.8, 4) is 28.7 Å². The number of fused-ring (bicyclic) bond motifs is 1. The van der Waals surface area contributed by atoms with Gasteiger partial charge in [0, 0.05) is 17.7 Å². The summed E-state index contributed by atoms with van der Waals surface area (Å²) in [6.07, 6.45) is -3.05. The van der Waals surface area contributed by atoms with Crippen molar-refractivity contribution in [1.82, 2.24) is 0 Å². The van der Waals surface area contributed by atoms with E-state index in [-0.39, 0.29) is 28.3 Å². The van der Waals surface area contributed by atoms with Gasteiger partial charge in [-0.2, -0.15) is 0 Å². The summed E-state index contributed by atoms with van der Waals surface area (Å²) in [6.45, 7) is -0.405. The number of aliphatic hydroxyl groups is 2. The number of allylic oxidation sites excluding steroid dienone is 1. The van der Waals surface area contributed by atoms with Gasteiger partial charge in [0.2, 0.25) is 0 Å². The third-order valence-corrected chi connectivity index (χ3v) is 5.37. The number of phenols is 4. The molecule has 8 N–H and O–H groups in total. The number of aliphatic hydroxyl groups excluding tert-OH is 2. The molecule has 2 aliphatic rings. The maximum Gasteiger partial charge on any atom is 0.163 e. The van der Waals surface area contributed by atoms with Crippen molar-refractivity contribution in [1.29, 1.82) is 0 Å². The molecule has 11 heteroatoms. The van der Waals surface area contributed by atoms with Gasteiger partial charge in [-0.1, -0.05) is 0 Å². The van der Waals surface area contributed by atoms with Crippen molar-refractivity contribution in [3.63, 3.8) is 0 Å². The number of ether oxygens (including phenoxy) is 3. The molecule has 11 nitrogen and oxygen atoms in total. The molecule has 4 rings (SSSR count). The fraction of sp³-hybridized carbons (Fsp3) is 0.286. The first-order valence-corrected chi connectivity index (χ1v) is 9.56. The molecule has 0 bridgehead atoms. The monoisotopic (exact) mass is 447 g/mol. The topological polar surface area (TPSA) is 195 Å². The first kappa shape index (κ1) is 21.7. The number of carbonyl (C=O) groups is 1. The van der Waals surface area contributed by atoms with Crippen LogP contribution in [0.15, 0.2) is 30.3 Å². The molecular weight excluding hydrogens is 426 g/mol. The molecule has 5 atom stereocenters. The average molecular weight is 447 g/mol. The molecular formula is C21H21NO10. The van der Waals surface area contributed by atoms with Gasteiger partial charge in [0.15, 0.2) is 17.2 Å². The van der Waals surface area contributed by atoms with E-state index in [1.165, 1.54) is 12.1 Å². The molecule has 32 heavy (non-hydrogen) atoms. The van der Waals surface area contributed by atoms with Crippen LogP contribution in [0.25, 0.3) is 5.76 Å². The zero-order valence-electron chi connectivity index (χ0n) is 16.5. The van der Waals surface area contributed by atoms with Gasteiger partial charge in [-0.15, -0.1) is 0 Å². The number of hydrogen-bond acceptors (Lipinski definition) is 11. The number of benzene rings is 2. The van der Waals surface area contributed by atoms with E-state index in [9.17, 15) is 35.4 Å². The second-order valence-electron chi connectivity index (χ2n) is 7.38. The minimum atomic E-state index is -1.25. The Morgan fingerprint density at radius 3 is 2.44 bits per heavy atom. The van der Waals surface area contributed by atoms with Crippen molar-refractivity contribution >= 4 is 17.7 Å². The number of rotatable bonds is 6. The van der Waals surface area contributed by atoms with Crippen molar-refractivity contribution < 1.29 is 49.6 Å². The minimum Gasteiger partial charge on any atom is -0.507 e. The number of phenolic OH excluding ortho intramolecular Hbond substituents is 4. The summed E-state index contributed by atoms with van der Waals surface area (Å²) in [6, 6.07) is 4.58. The second kappa shape index (κ2) is 8.20. The smallest absolute Gasteiger partial charge is 0.163 e. The summed E-state index contributed by atoms with van der Waals surface area (Å²) in [5.41, 5.74) is 5.68. The Morgan fingerprint density at radius 2 is 1.78 bits per heavy atom. The van der Waals surface area contributed by atoms with Crippen LogP contribution in [0.4, 0.5) is 5.69 Å². The fourth-order valence-electron chi connectivity index (χ4n) is 3.70. The predicted molar refractivity (Wildman–Crippen MR) is 108 cm³/mol. The second-order valence-corrected chi connectivity index (χ2v) is 7.38. The van der Waals surface area contributed by atoms with Gasteiger partial charge in [-0.3, -0.25) is 4.79 Å². The molecule has 2 aromatic carbocycles. The van der Waals surface area contributed by atoms with Crippen molar-refractivity contribution in [2.45, 2.75) is 30.5 Å². The quantitative estimate of drug-likeness (QED) is 0.0610. The molecule has 2 heterocycles. The number of aromatic hydroxyl groups is 4. The Labute approximate surface area is 181 Å². The van der Waals surface area contributed by atoms with E-state index in [1.807, 2.05) is 0 Å². The normalized spacial score (nSPS) is 26.9. The number of hydrogen-bond donors (Lipinski definition) is 7. The summed E-state index contributed by atoms with van der Waals surface area (Å²) < 4.78 is 16.8. The summed E-state index contributed by atoms with van der Waals surface area (Å²) in [7, 11) is 0. The van der Waals surface area contributed by atoms with E-state index < -0.39 is 60.1 Å². The zero-order chi connectivity index (χ0) is 23.2. The van der Waals surface area contributed by atoms with Crippen LogP contribution in [0, 0.1) is 0 Å². The molecule has 2 saturated heterocycles. The molecule has 2 fully saturated rings. The Morgan fingerprint density at radius 1 is 1.03 bits per heavy atom. The number of nitrogens with two attached hydrogens (primary N) is 1. The summed E-state index contributed by atoms with van der Waals surface area (Å²) in [5.74, 6) is -2.41. The molecule has 5 unspecified atom stereocenters. The van der Waals surface area contributed by atoms with E-state index in [0.717, 1.165) is 18.2 Å². The van der Waals surface area contributed by atoms with Gasteiger partial charge < -0.3 is 50.6 Å². The molecule has 0 radical (unpaired) electrons. The van der Waals surface area contributed by atoms with Crippen LogP contribution in [0.2, 0.25) is 0 Å². The number of aldehydes is 1. The van der Waals surface area contributed by atoms with Gasteiger partial charge in [0.05, 0.1) is 12.2 Å². The highest BCUT2D eigenvalue weighted by atomic mass is 16.7. The fourth-order valence-corrected chi connectivity index (χ4v) is 3.70. The maximum atomic E-state index is 11.2. The van der Waals surface area contributed by atoms with Crippen LogP contribution >= 0.6 is 0 Å². The standard InChI is InChI=1S/C21H21NO10/c22-16-12(28)6-11(27)15(20-17(29)21-18(32-21)14(7-24)31-20)19(16)30-13(3-4-23)8-1-2-9(25)10(26)5-8/h1-6,14,17-18,20-21,24-29H,7,22H2/b13-3-. The van der Waals surface area contributed by atoms with Gasteiger partial charge in [-0.05, 0) is 18.2 Å². The van der Waals surface area contributed by atoms with Gasteiger partial charge in [0.1, 0.15) is 59.8 Å². The first-order valence-electron chi connectivity index (χ1n) is 9.56. The molecule has 0 saturated carbocycles. The highest BCUT2D eigenvalue weighted by molar-refractivity contribution is 5.82. The number of carbonyl (C=O) groups excluding carboxylic acids is 1. The predicted octanol–water partition coefficient (Wildman–Crippen LogP) is 0.271. The lowest BCUT2D eigenvalue weighted by atomic mass is 9.93. The Balaban J connectivity index is 1.80. The Kier molecular flexibility index (Phi) is 5.57. The lowest BCUT2D eigenvalue weighted by Crippen LogP contribution is -2.41. The lowest BCUT2D eigenvalue weighted by molar-refractivity contribution is -0.117. The van der Waals surface area contributed by atoms with Gasteiger partial charge in [0.25, 0.3) is 0 Å². The maximum absolute atomic E-state index is 11.2. The van der Waals surface area contributed by atoms with E-state index in [2.05, 4.69) is 0 Å². The third kappa shape index (κ3) is 3.67. The van der Waals surface area contributed by atoms with Gasteiger partial charge >= 0.3 is 0 Å². The minimum absolute atomic E-state index is 0.139. The largest absolute Gasteiger partial charge is 0.507 e. The molecule has 170 valence electrons. The number of nitrogen functional groups attached to an aromatic ring is 1. The van der Waals surface area contributed by atoms with Crippen molar-refractivity contribution in [2.24, 2.45) is 0 Å². The number of anilines is 1. The molecule has 0 aromatic heterocycles. The van der Waals surface area contributed by atoms with Crippen LogP contribution in [0.3, 0.4) is 0 Å². The van der Waals surface area contributed by atoms with Crippen LogP contribution in [0.1, 0.15) is 17.2 Å². The third-order valence-electron chi connectivity index (χ3n) is 5.37. The van der Waals surface area contributed by atoms with Crippen LogP contribution in [0.5, 0.6) is 28.7 Å². The van der Waals surface area contributed by atoms with E-state index in [0.29, 0.717) is 6.29 Å². The van der Waals surface area contributed by atoms with Crippen molar-refractivity contribution in [3.05, 3.63) is 41.5 Å². The van der Waals surface area contributed by atoms with Crippen LogP contribution < -0.4 is 10.5 Å². The molecule has 2 aromatic rings. The first-order chi connectivity index (χ1) is 15.3.